The third-order valence-electron chi connectivity index (χ3n) is 7.15. The number of fused-ring (bicyclic) bond motifs is 2. The van der Waals surface area contributed by atoms with E-state index in [9.17, 15) is 0 Å². The summed E-state index contributed by atoms with van der Waals surface area (Å²) in [6.45, 7) is 9.83. The monoisotopic (exact) mass is 542 g/mol. The minimum absolute atomic E-state index is 0.0446. The summed E-state index contributed by atoms with van der Waals surface area (Å²) in [4.78, 5) is -2.10. The minimum atomic E-state index is -2.10. The molecular formula is C28H31OPS4. The molecule has 2 bridgehead atoms. The fourth-order valence-electron chi connectivity index (χ4n) is 5.65. The van der Waals surface area contributed by atoms with E-state index < -0.39 is 4.87 Å². The third kappa shape index (κ3) is 3.77. The SMILES string of the molecule is COc1ccc([P+]2([S-])SC3(c4ccccc4)SC(c4ccccc4)(S2)C(C)(C)CC3(C)C)cc1. The Bertz CT molecular complexity index is 1100. The summed E-state index contributed by atoms with van der Waals surface area (Å²) in [5.74, 6) is 0.878. The maximum absolute atomic E-state index is 6.79. The van der Waals surface area contributed by atoms with Crippen molar-refractivity contribution in [2.75, 3.05) is 7.11 Å². The highest BCUT2D eigenvalue weighted by Gasteiger charge is 2.72. The average molecular weight is 543 g/mol. The first-order chi connectivity index (χ1) is 16.1. The third-order valence-corrected chi connectivity index (χ3v) is 22.2. The van der Waals surface area contributed by atoms with Crippen LogP contribution in [0.5, 0.6) is 5.75 Å². The van der Waals surface area contributed by atoms with Crippen molar-refractivity contribution >= 4 is 56.9 Å². The van der Waals surface area contributed by atoms with E-state index in [1.165, 1.54) is 16.4 Å². The van der Waals surface area contributed by atoms with Gasteiger partial charge in [-0.2, -0.15) is 0 Å². The molecule has 2 aliphatic rings. The van der Waals surface area contributed by atoms with Crippen LogP contribution in [0.1, 0.15) is 45.2 Å². The van der Waals surface area contributed by atoms with Gasteiger partial charge < -0.3 is 17.0 Å². The highest BCUT2D eigenvalue weighted by Crippen LogP contribution is 2.97. The van der Waals surface area contributed by atoms with E-state index in [2.05, 4.69) is 147 Å². The molecule has 2 saturated heterocycles. The van der Waals surface area contributed by atoms with Crippen LogP contribution in [-0.2, 0) is 20.4 Å². The molecule has 1 nitrogen and oxygen atoms in total. The second kappa shape index (κ2) is 8.70. The molecule has 2 heterocycles. The smallest absolute Gasteiger partial charge is 0.129 e. The Hall–Kier alpha value is -0.710. The summed E-state index contributed by atoms with van der Waals surface area (Å²) in [5, 5.41) is 1.27. The van der Waals surface area contributed by atoms with E-state index in [0.717, 1.165) is 12.2 Å². The molecule has 2 unspecified atom stereocenters. The molecule has 2 aliphatic heterocycles. The molecule has 5 rings (SSSR count). The summed E-state index contributed by atoms with van der Waals surface area (Å²) in [6.07, 6.45) is 1.12. The van der Waals surface area contributed by atoms with Crippen LogP contribution in [-0.4, -0.2) is 7.11 Å². The van der Waals surface area contributed by atoms with Gasteiger partial charge in [0.2, 0.25) is 0 Å². The van der Waals surface area contributed by atoms with Crippen LogP contribution < -0.4 is 10.0 Å². The first kappa shape index (κ1) is 25.0. The summed E-state index contributed by atoms with van der Waals surface area (Å²) in [5.41, 5.74) is 2.86. The fraction of sp³-hybridized carbons (Fsp3) is 0.357. The van der Waals surface area contributed by atoms with Crippen molar-refractivity contribution in [3.8, 4) is 5.75 Å². The van der Waals surface area contributed by atoms with E-state index >= 15 is 0 Å². The van der Waals surface area contributed by atoms with Crippen molar-refractivity contribution < 1.29 is 4.74 Å². The van der Waals surface area contributed by atoms with Crippen molar-refractivity contribution in [2.24, 2.45) is 10.8 Å². The molecule has 0 aliphatic carbocycles. The number of rotatable bonds is 4. The summed E-state index contributed by atoms with van der Waals surface area (Å²) >= 11 is 13.1. The molecular weight excluding hydrogens is 512 g/mol. The number of thioether (sulfide) groups is 1. The Kier molecular flexibility index (Phi) is 6.39. The first-order valence-electron chi connectivity index (χ1n) is 11.6. The molecule has 6 heteroatoms. The van der Waals surface area contributed by atoms with Crippen LogP contribution in [0.2, 0.25) is 0 Å². The van der Waals surface area contributed by atoms with Crippen LogP contribution in [0.3, 0.4) is 0 Å². The summed E-state index contributed by atoms with van der Waals surface area (Å²) in [7, 11) is 1.72. The van der Waals surface area contributed by atoms with Gasteiger partial charge in [0, 0.05) is 22.8 Å². The zero-order valence-corrected chi connectivity index (χ0v) is 24.4. The van der Waals surface area contributed by atoms with E-state index in [-0.39, 0.29) is 19.0 Å². The van der Waals surface area contributed by atoms with Crippen LogP contribution in [0.4, 0.5) is 0 Å². The van der Waals surface area contributed by atoms with E-state index in [1.807, 2.05) is 0 Å². The minimum Gasteiger partial charge on any atom is -0.526 e. The van der Waals surface area contributed by atoms with Crippen LogP contribution in [0, 0.1) is 10.8 Å². The maximum Gasteiger partial charge on any atom is 0.129 e. The number of hydrogen-bond acceptors (Lipinski definition) is 5. The normalized spacial score (nSPS) is 31.6. The van der Waals surface area contributed by atoms with Crippen LogP contribution in [0.25, 0.3) is 0 Å². The fourth-order valence-corrected chi connectivity index (χ4v) is 25.8. The van der Waals surface area contributed by atoms with Gasteiger partial charge >= 0.3 is 0 Å². The lowest BCUT2D eigenvalue weighted by atomic mass is 9.68. The quantitative estimate of drug-likeness (QED) is 0.240. The molecule has 34 heavy (non-hydrogen) atoms. The Morgan fingerprint density at radius 2 is 1.15 bits per heavy atom. The number of methoxy groups -OCH3 is 1. The zero-order valence-electron chi connectivity index (χ0n) is 20.3. The van der Waals surface area contributed by atoms with Crippen LogP contribution >= 0.6 is 39.4 Å². The average Bonchev–Trinajstić information content (AvgIpc) is 2.83. The second-order valence-corrected chi connectivity index (χ2v) is 23.5. The first-order valence-corrected chi connectivity index (χ1v) is 18.0. The second-order valence-electron chi connectivity index (χ2n) is 10.4. The van der Waals surface area contributed by atoms with Crippen molar-refractivity contribution in [2.45, 2.75) is 42.3 Å². The lowest BCUT2D eigenvalue weighted by molar-refractivity contribution is 0.145. The molecule has 0 radical (unpaired) electrons. The zero-order chi connectivity index (χ0) is 24.2. The Morgan fingerprint density at radius 1 is 0.706 bits per heavy atom. The molecule has 0 saturated carbocycles. The maximum atomic E-state index is 6.79. The highest BCUT2D eigenvalue weighted by atomic mass is 33.4. The predicted molar refractivity (Wildman–Crippen MR) is 158 cm³/mol. The largest absolute Gasteiger partial charge is 0.526 e. The molecule has 0 spiro atoms. The Morgan fingerprint density at radius 3 is 1.56 bits per heavy atom. The van der Waals surface area contributed by atoms with E-state index in [1.54, 1.807) is 7.11 Å². The molecule has 3 aromatic carbocycles. The summed E-state index contributed by atoms with van der Waals surface area (Å²) < 4.78 is 5.16. The molecule has 2 fully saturated rings. The van der Waals surface area contributed by atoms with Crippen LogP contribution in [0.15, 0.2) is 84.9 Å². The topological polar surface area (TPSA) is 9.23 Å². The standard InChI is InChI=1S/C28H31OPS4/c1-25(2)20-26(3,4)28(22-14-10-7-11-15-22)32-27(25,21-12-8-6-9-13-21)33-30(31,34-28)24-18-16-23(29-5)17-19-24/h6-19H,20H2,1-5H3. The lowest BCUT2D eigenvalue weighted by Crippen LogP contribution is -2.55. The van der Waals surface area contributed by atoms with E-state index in [0.29, 0.717) is 0 Å². The molecule has 178 valence electrons. The number of ether oxygens (including phenoxy) is 1. The predicted octanol–water partition coefficient (Wildman–Crippen LogP) is 9.01. The van der Waals surface area contributed by atoms with Gasteiger partial charge in [-0.25, -0.2) is 0 Å². The van der Waals surface area contributed by atoms with Crippen molar-refractivity contribution in [3.63, 3.8) is 0 Å². The number of hydrogen-bond donors (Lipinski definition) is 0. The summed E-state index contributed by atoms with van der Waals surface area (Å²) in [6, 6.07) is 30.8. The van der Waals surface area contributed by atoms with Gasteiger partial charge in [-0.15, -0.1) is 11.8 Å². The highest BCUT2D eigenvalue weighted by molar-refractivity contribution is 9.16. The molecule has 2 atom stereocenters. The van der Waals surface area contributed by atoms with Gasteiger partial charge in [-0.05, 0) is 52.6 Å². The van der Waals surface area contributed by atoms with E-state index in [4.69, 9.17) is 17.0 Å². The van der Waals surface area contributed by atoms with Gasteiger partial charge in [0.15, 0.2) is 0 Å². The number of benzene rings is 3. The molecule has 0 N–H and O–H groups in total. The van der Waals surface area contributed by atoms with Gasteiger partial charge in [-0.1, -0.05) is 88.4 Å². The van der Waals surface area contributed by atoms with Gasteiger partial charge in [0.25, 0.3) is 0 Å². The van der Waals surface area contributed by atoms with Crippen molar-refractivity contribution in [3.05, 3.63) is 96.1 Å². The molecule has 0 amide bonds. The van der Waals surface area contributed by atoms with Gasteiger partial charge in [0.05, 0.1) is 17.3 Å². The van der Waals surface area contributed by atoms with Gasteiger partial charge in [-0.3, -0.25) is 0 Å². The Labute approximate surface area is 222 Å². The van der Waals surface area contributed by atoms with Crippen molar-refractivity contribution in [1.82, 2.24) is 0 Å². The molecule has 0 aromatic heterocycles. The molecule has 3 aromatic rings. The lowest BCUT2D eigenvalue weighted by Gasteiger charge is -2.66. The van der Waals surface area contributed by atoms with Crippen molar-refractivity contribution in [1.29, 1.82) is 0 Å². The van der Waals surface area contributed by atoms with Gasteiger partial charge in [0.1, 0.15) is 13.9 Å². The Balaban J connectivity index is 1.79.